The lowest BCUT2D eigenvalue weighted by atomic mass is 10.2. The van der Waals surface area contributed by atoms with Crippen LogP contribution in [0.5, 0.6) is 0 Å². The Morgan fingerprint density at radius 2 is 2.42 bits per heavy atom. The lowest BCUT2D eigenvalue weighted by molar-refractivity contribution is -0.162. The lowest BCUT2D eigenvalue weighted by Crippen LogP contribution is -2.22. The number of ether oxygens (including phenoxy) is 2. The van der Waals surface area contributed by atoms with Gasteiger partial charge in [-0.2, -0.15) is 0 Å². The molecule has 68 valence electrons. The second-order valence-electron chi connectivity index (χ2n) is 2.97. The van der Waals surface area contributed by atoms with E-state index in [1.165, 1.54) is 12.8 Å². The van der Waals surface area contributed by atoms with Crippen molar-refractivity contribution in [2.45, 2.75) is 38.4 Å². The topological polar surface area (TPSA) is 18.5 Å². The molecule has 0 aromatic heterocycles. The molecular weight excluding hydrogens is 152 g/mol. The van der Waals surface area contributed by atoms with Crippen LogP contribution in [0.15, 0.2) is 0 Å². The first-order chi connectivity index (χ1) is 5.93. The van der Waals surface area contributed by atoms with E-state index < -0.39 is 0 Å². The van der Waals surface area contributed by atoms with Gasteiger partial charge in [-0.3, -0.25) is 0 Å². The molecule has 1 fully saturated rings. The van der Waals surface area contributed by atoms with Gasteiger partial charge in [-0.15, -0.1) is 12.3 Å². The molecule has 0 unspecified atom stereocenters. The molecule has 0 amide bonds. The summed E-state index contributed by atoms with van der Waals surface area (Å²) in [6.45, 7) is 1.58. The van der Waals surface area contributed by atoms with Gasteiger partial charge in [-0.05, 0) is 25.7 Å². The maximum Gasteiger partial charge on any atom is 0.157 e. The zero-order valence-corrected chi connectivity index (χ0v) is 7.42. The van der Waals surface area contributed by atoms with Crippen LogP contribution in [-0.4, -0.2) is 19.5 Å². The van der Waals surface area contributed by atoms with Crippen LogP contribution in [-0.2, 0) is 9.47 Å². The standard InChI is InChI=1S/C10H16O2/c1-2-3-5-8-11-10-7-4-6-9-12-10/h1,10H,3-9H2/t10-/m0/s1. The van der Waals surface area contributed by atoms with E-state index in [1.807, 2.05) is 0 Å². The number of unbranched alkanes of at least 4 members (excludes halogenated alkanes) is 1. The van der Waals surface area contributed by atoms with Gasteiger partial charge in [0.15, 0.2) is 6.29 Å². The molecule has 0 spiro atoms. The minimum absolute atomic E-state index is 0.0384. The maximum atomic E-state index is 5.47. The summed E-state index contributed by atoms with van der Waals surface area (Å²) in [4.78, 5) is 0. The molecule has 2 nitrogen and oxygen atoms in total. The third-order valence-corrected chi connectivity index (χ3v) is 1.91. The van der Waals surface area contributed by atoms with Gasteiger partial charge in [0.25, 0.3) is 0 Å². The van der Waals surface area contributed by atoms with E-state index in [0.29, 0.717) is 0 Å². The highest BCUT2D eigenvalue weighted by atomic mass is 16.7. The van der Waals surface area contributed by atoms with Crippen molar-refractivity contribution in [3.05, 3.63) is 0 Å². The Labute approximate surface area is 74.2 Å². The van der Waals surface area contributed by atoms with Crippen molar-refractivity contribution in [2.75, 3.05) is 13.2 Å². The molecule has 0 bridgehead atoms. The average Bonchev–Trinajstić information content (AvgIpc) is 2.14. The van der Waals surface area contributed by atoms with Gasteiger partial charge in [0.2, 0.25) is 0 Å². The largest absolute Gasteiger partial charge is 0.353 e. The van der Waals surface area contributed by atoms with Crippen molar-refractivity contribution in [1.82, 2.24) is 0 Å². The van der Waals surface area contributed by atoms with Gasteiger partial charge in [0.1, 0.15) is 0 Å². The van der Waals surface area contributed by atoms with E-state index in [-0.39, 0.29) is 6.29 Å². The van der Waals surface area contributed by atoms with Crippen LogP contribution < -0.4 is 0 Å². The predicted octanol–water partition coefficient (Wildman–Crippen LogP) is 1.94. The van der Waals surface area contributed by atoms with Crippen LogP contribution >= 0.6 is 0 Å². The molecule has 1 rings (SSSR count). The van der Waals surface area contributed by atoms with Crippen LogP contribution in [0.2, 0.25) is 0 Å². The molecule has 0 aliphatic carbocycles. The molecule has 1 heterocycles. The van der Waals surface area contributed by atoms with E-state index in [9.17, 15) is 0 Å². The lowest BCUT2D eigenvalue weighted by Gasteiger charge is -2.22. The van der Waals surface area contributed by atoms with Gasteiger partial charge in [-0.1, -0.05) is 0 Å². The van der Waals surface area contributed by atoms with Gasteiger partial charge in [-0.25, -0.2) is 0 Å². The predicted molar refractivity (Wildman–Crippen MR) is 47.6 cm³/mol. The SMILES string of the molecule is C#CCCCO[C@@H]1CCCCO1. The zero-order valence-electron chi connectivity index (χ0n) is 7.42. The molecule has 0 saturated carbocycles. The van der Waals surface area contributed by atoms with Crippen LogP contribution in [0, 0.1) is 12.3 Å². The Balaban J connectivity index is 1.95. The van der Waals surface area contributed by atoms with Crippen molar-refractivity contribution in [2.24, 2.45) is 0 Å². The fraction of sp³-hybridized carbons (Fsp3) is 0.800. The first kappa shape index (κ1) is 9.57. The normalized spacial score (nSPS) is 23.4. The maximum absolute atomic E-state index is 5.47. The summed E-state index contributed by atoms with van der Waals surface area (Å²) in [6.07, 6.45) is 10.3. The summed E-state index contributed by atoms with van der Waals surface area (Å²) >= 11 is 0. The summed E-state index contributed by atoms with van der Waals surface area (Å²) in [5, 5.41) is 0. The Bertz CT molecular complexity index is 142. The van der Waals surface area contributed by atoms with E-state index in [0.717, 1.165) is 32.5 Å². The van der Waals surface area contributed by atoms with Gasteiger partial charge >= 0.3 is 0 Å². The van der Waals surface area contributed by atoms with Gasteiger partial charge < -0.3 is 9.47 Å². The smallest absolute Gasteiger partial charge is 0.157 e. The summed E-state index contributed by atoms with van der Waals surface area (Å²) in [5.41, 5.74) is 0. The van der Waals surface area contributed by atoms with Crippen LogP contribution in [0.4, 0.5) is 0 Å². The van der Waals surface area contributed by atoms with Gasteiger partial charge in [0, 0.05) is 13.0 Å². The number of terminal acetylenes is 1. The molecule has 0 aromatic rings. The molecule has 0 radical (unpaired) electrons. The Morgan fingerprint density at radius 1 is 1.50 bits per heavy atom. The highest BCUT2D eigenvalue weighted by molar-refractivity contribution is 4.82. The van der Waals surface area contributed by atoms with Crippen molar-refractivity contribution < 1.29 is 9.47 Å². The molecule has 1 saturated heterocycles. The molecule has 1 atom stereocenters. The second kappa shape index (κ2) is 6.05. The van der Waals surface area contributed by atoms with Crippen LogP contribution in [0.1, 0.15) is 32.1 Å². The molecule has 1 aliphatic heterocycles. The molecule has 0 N–H and O–H groups in total. The Hall–Kier alpha value is -0.520. The van der Waals surface area contributed by atoms with E-state index in [1.54, 1.807) is 0 Å². The molecule has 0 aromatic carbocycles. The van der Waals surface area contributed by atoms with Crippen LogP contribution in [0.3, 0.4) is 0 Å². The summed E-state index contributed by atoms with van der Waals surface area (Å²) < 4.78 is 10.9. The highest BCUT2D eigenvalue weighted by Gasteiger charge is 2.12. The van der Waals surface area contributed by atoms with Gasteiger partial charge in [0.05, 0.1) is 6.61 Å². The quantitative estimate of drug-likeness (QED) is 0.472. The Morgan fingerprint density at radius 3 is 3.08 bits per heavy atom. The second-order valence-corrected chi connectivity index (χ2v) is 2.97. The fourth-order valence-corrected chi connectivity index (χ4v) is 1.23. The molecule has 12 heavy (non-hydrogen) atoms. The van der Waals surface area contributed by atoms with E-state index >= 15 is 0 Å². The minimum atomic E-state index is 0.0384. The highest BCUT2D eigenvalue weighted by Crippen LogP contribution is 2.13. The van der Waals surface area contributed by atoms with Crippen molar-refractivity contribution in [3.8, 4) is 12.3 Å². The first-order valence-corrected chi connectivity index (χ1v) is 4.60. The van der Waals surface area contributed by atoms with Crippen molar-refractivity contribution in [1.29, 1.82) is 0 Å². The fourth-order valence-electron chi connectivity index (χ4n) is 1.23. The van der Waals surface area contributed by atoms with Crippen molar-refractivity contribution in [3.63, 3.8) is 0 Å². The molecule has 1 aliphatic rings. The third-order valence-electron chi connectivity index (χ3n) is 1.91. The first-order valence-electron chi connectivity index (χ1n) is 4.60. The number of rotatable bonds is 4. The minimum Gasteiger partial charge on any atom is -0.353 e. The molecule has 2 heteroatoms. The molecular formula is C10H16O2. The third kappa shape index (κ3) is 3.75. The average molecular weight is 168 g/mol. The summed E-state index contributed by atoms with van der Waals surface area (Å²) in [7, 11) is 0. The van der Waals surface area contributed by atoms with E-state index in [4.69, 9.17) is 15.9 Å². The summed E-state index contributed by atoms with van der Waals surface area (Å²) in [6, 6.07) is 0. The number of hydrogen-bond donors (Lipinski definition) is 0. The monoisotopic (exact) mass is 168 g/mol. The summed E-state index contributed by atoms with van der Waals surface area (Å²) in [5.74, 6) is 2.58. The number of hydrogen-bond acceptors (Lipinski definition) is 2. The zero-order chi connectivity index (χ0) is 8.65. The Kier molecular flexibility index (Phi) is 4.82. The van der Waals surface area contributed by atoms with Crippen molar-refractivity contribution >= 4 is 0 Å². The van der Waals surface area contributed by atoms with E-state index in [2.05, 4.69) is 5.92 Å². The van der Waals surface area contributed by atoms with Crippen LogP contribution in [0.25, 0.3) is 0 Å².